The van der Waals surface area contributed by atoms with Gasteiger partial charge >= 0.3 is 0 Å². The van der Waals surface area contributed by atoms with Crippen molar-refractivity contribution in [3.63, 3.8) is 0 Å². The first-order valence-corrected chi connectivity index (χ1v) is 4.09. The molecule has 84 valence electrons. The Hall–Kier alpha value is -0.500. The number of aliphatic hydroxyl groups excluding tert-OH is 6. The molecule has 6 nitrogen and oxygen atoms in total. The molecule has 14 heavy (non-hydrogen) atoms. The minimum absolute atomic E-state index is 0.755. The fraction of sp³-hybridized carbons (Fsp3) is 0.750. The Balaban J connectivity index is 4.29. The third kappa shape index (κ3) is 3.33. The normalized spacial score (nSPS) is 22.1. The van der Waals surface area contributed by atoms with Gasteiger partial charge in [0.05, 0.1) is 6.61 Å². The molecule has 0 saturated carbocycles. The smallest absolute Gasteiger partial charge is 0.112 e. The summed E-state index contributed by atoms with van der Waals surface area (Å²) in [4.78, 5) is 0. The molecule has 0 bridgehead atoms. The lowest BCUT2D eigenvalue weighted by Crippen LogP contribution is -2.49. The maximum Gasteiger partial charge on any atom is 0.112 e. The molecule has 0 aromatic heterocycles. The van der Waals surface area contributed by atoms with E-state index < -0.39 is 37.1 Å². The van der Waals surface area contributed by atoms with E-state index in [1.54, 1.807) is 0 Å². The summed E-state index contributed by atoms with van der Waals surface area (Å²) < 4.78 is 0. The summed E-state index contributed by atoms with van der Waals surface area (Å²) in [6.07, 6.45) is -7.16. The molecule has 0 aliphatic carbocycles. The minimum Gasteiger partial charge on any atom is -0.394 e. The Bertz CT molecular complexity index is 173. The lowest BCUT2D eigenvalue weighted by atomic mass is 9.99. The van der Waals surface area contributed by atoms with E-state index in [0.717, 1.165) is 6.08 Å². The van der Waals surface area contributed by atoms with Crippen molar-refractivity contribution in [3.05, 3.63) is 12.7 Å². The van der Waals surface area contributed by atoms with Gasteiger partial charge in [0.15, 0.2) is 0 Å². The Morgan fingerprint density at radius 1 is 0.929 bits per heavy atom. The standard InChI is InChI=1S/C8H16O6/c1-2-4(10)6(12)8(14)7(13)5(11)3-9/h2,4-14H,1,3H2/t4?,5-,6+,7-,8-/m1/s1. The van der Waals surface area contributed by atoms with Crippen LogP contribution in [0.5, 0.6) is 0 Å². The van der Waals surface area contributed by atoms with Crippen LogP contribution in [0.4, 0.5) is 0 Å². The maximum absolute atomic E-state index is 9.21. The fourth-order valence-electron chi connectivity index (χ4n) is 0.879. The zero-order chi connectivity index (χ0) is 11.3. The van der Waals surface area contributed by atoms with E-state index in [-0.39, 0.29) is 0 Å². The Morgan fingerprint density at radius 2 is 1.43 bits per heavy atom. The van der Waals surface area contributed by atoms with Gasteiger partial charge in [0, 0.05) is 0 Å². The van der Waals surface area contributed by atoms with E-state index in [1.165, 1.54) is 0 Å². The van der Waals surface area contributed by atoms with Crippen LogP contribution < -0.4 is 0 Å². The monoisotopic (exact) mass is 208 g/mol. The van der Waals surface area contributed by atoms with E-state index in [0.29, 0.717) is 0 Å². The first-order chi connectivity index (χ1) is 6.45. The molecular weight excluding hydrogens is 192 g/mol. The van der Waals surface area contributed by atoms with Crippen LogP contribution in [0.2, 0.25) is 0 Å². The Kier molecular flexibility index (Phi) is 5.86. The molecule has 1 unspecified atom stereocenters. The first-order valence-electron chi connectivity index (χ1n) is 4.09. The third-order valence-corrected chi connectivity index (χ3v) is 1.87. The van der Waals surface area contributed by atoms with Crippen LogP contribution in [0.15, 0.2) is 12.7 Å². The Labute approximate surface area is 81.4 Å². The van der Waals surface area contributed by atoms with Crippen LogP contribution >= 0.6 is 0 Å². The van der Waals surface area contributed by atoms with Crippen LogP contribution in [0.1, 0.15) is 0 Å². The molecule has 0 aromatic rings. The molecule has 0 spiro atoms. The van der Waals surface area contributed by atoms with Crippen molar-refractivity contribution in [1.82, 2.24) is 0 Å². The van der Waals surface area contributed by atoms with E-state index in [1.807, 2.05) is 0 Å². The van der Waals surface area contributed by atoms with Gasteiger partial charge < -0.3 is 30.6 Å². The molecule has 0 rings (SSSR count). The molecule has 0 saturated heterocycles. The third-order valence-electron chi connectivity index (χ3n) is 1.87. The van der Waals surface area contributed by atoms with Crippen LogP contribution in [0.25, 0.3) is 0 Å². The van der Waals surface area contributed by atoms with E-state index in [2.05, 4.69) is 6.58 Å². The zero-order valence-electron chi connectivity index (χ0n) is 7.56. The highest BCUT2D eigenvalue weighted by molar-refractivity contribution is 4.91. The molecule has 0 amide bonds. The van der Waals surface area contributed by atoms with Crippen LogP contribution in [0, 0.1) is 0 Å². The van der Waals surface area contributed by atoms with Crippen molar-refractivity contribution < 1.29 is 30.6 Å². The fourth-order valence-corrected chi connectivity index (χ4v) is 0.879. The van der Waals surface area contributed by atoms with Gasteiger partial charge in [-0.1, -0.05) is 6.08 Å². The zero-order valence-corrected chi connectivity index (χ0v) is 7.56. The number of aliphatic hydroxyl groups is 6. The average Bonchev–Trinajstić information content (AvgIpc) is 2.23. The van der Waals surface area contributed by atoms with E-state index >= 15 is 0 Å². The molecule has 6 N–H and O–H groups in total. The minimum atomic E-state index is -1.76. The van der Waals surface area contributed by atoms with Crippen molar-refractivity contribution >= 4 is 0 Å². The summed E-state index contributed by atoms with van der Waals surface area (Å²) in [6.45, 7) is 2.42. The van der Waals surface area contributed by atoms with Gasteiger partial charge in [0.2, 0.25) is 0 Å². The van der Waals surface area contributed by atoms with Crippen molar-refractivity contribution in [1.29, 1.82) is 0 Å². The van der Waals surface area contributed by atoms with Gasteiger partial charge in [-0.25, -0.2) is 0 Å². The van der Waals surface area contributed by atoms with E-state index in [4.69, 9.17) is 20.4 Å². The molecule has 0 heterocycles. The quantitative estimate of drug-likeness (QED) is 0.258. The molecule has 0 aromatic carbocycles. The molecule has 6 heteroatoms. The molecule has 0 fully saturated rings. The average molecular weight is 208 g/mol. The summed E-state index contributed by atoms with van der Waals surface area (Å²) in [5.41, 5.74) is 0. The molecular formula is C8H16O6. The Morgan fingerprint density at radius 3 is 1.79 bits per heavy atom. The summed E-state index contributed by atoms with van der Waals surface area (Å²) in [7, 11) is 0. The van der Waals surface area contributed by atoms with Gasteiger partial charge in [-0.3, -0.25) is 0 Å². The maximum atomic E-state index is 9.21. The number of hydrogen-bond acceptors (Lipinski definition) is 6. The lowest BCUT2D eigenvalue weighted by molar-refractivity contribution is -0.133. The molecule has 0 aliphatic heterocycles. The summed E-state index contributed by atoms with van der Waals surface area (Å²) in [5, 5.41) is 53.9. The molecule has 0 aliphatic rings. The van der Waals surface area contributed by atoms with Crippen molar-refractivity contribution in [3.8, 4) is 0 Å². The highest BCUT2D eigenvalue weighted by atomic mass is 16.4. The van der Waals surface area contributed by atoms with Crippen LogP contribution in [-0.2, 0) is 0 Å². The highest BCUT2D eigenvalue weighted by Gasteiger charge is 2.32. The predicted octanol–water partition coefficient (Wildman–Crippen LogP) is -3.03. The lowest BCUT2D eigenvalue weighted by Gasteiger charge is -2.27. The number of rotatable bonds is 6. The van der Waals surface area contributed by atoms with Crippen molar-refractivity contribution in [2.75, 3.05) is 6.61 Å². The second-order valence-corrected chi connectivity index (χ2v) is 2.95. The van der Waals surface area contributed by atoms with Gasteiger partial charge in [0.1, 0.15) is 30.5 Å². The van der Waals surface area contributed by atoms with Crippen molar-refractivity contribution in [2.24, 2.45) is 0 Å². The van der Waals surface area contributed by atoms with Crippen LogP contribution in [-0.4, -0.2) is 67.8 Å². The predicted molar refractivity (Wildman–Crippen MR) is 47.3 cm³/mol. The van der Waals surface area contributed by atoms with Gasteiger partial charge in [0.25, 0.3) is 0 Å². The highest BCUT2D eigenvalue weighted by Crippen LogP contribution is 2.08. The molecule has 5 atom stereocenters. The number of hydrogen-bond donors (Lipinski definition) is 6. The van der Waals surface area contributed by atoms with Gasteiger partial charge in [-0.2, -0.15) is 0 Å². The molecule has 0 radical (unpaired) electrons. The van der Waals surface area contributed by atoms with Gasteiger partial charge in [-0.15, -0.1) is 6.58 Å². The summed E-state index contributed by atoms with van der Waals surface area (Å²) in [6, 6.07) is 0. The van der Waals surface area contributed by atoms with Crippen LogP contribution in [0.3, 0.4) is 0 Å². The SMILES string of the molecule is C=CC(O)[C@H](O)[C@@H](O)[C@H](O)[C@H](O)CO. The second kappa shape index (κ2) is 6.07. The topological polar surface area (TPSA) is 121 Å². The van der Waals surface area contributed by atoms with E-state index in [9.17, 15) is 10.2 Å². The largest absolute Gasteiger partial charge is 0.394 e. The first kappa shape index (κ1) is 13.5. The summed E-state index contributed by atoms with van der Waals surface area (Å²) >= 11 is 0. The second-order valence-electron chi connectivity index (χ2n) is 2.95. The van der Waals surface area contributed by atoms with Crippen molar-refractivity contribution in [2.45, 2.75) is 30.5 Å². The summed E-state index contributed by atoms with van der Waals surface area (Å²) in [5.74, 6) is 0. The van der Waals surface area contributed by atoms with Gasteiger partial charge in [-0.05, 0) is 0 Å².